The Morgan fingerprint density at radius 2 is 2.15 bits per heavy atom. The van der Waals surface area contributed by atoms with Crippen LogP contribution in [-0.4, -0.2) is 6.21 Å². The SMILES string of the molecule is C=CC1=C(N=CC)CC(C(C)C)C1. The third-order valence-corrected chi connectivity index (χ3v) is 2.78. The molecule has 0 saturated carbocycles. The molecule has 0 aliphatic heterocycles. The molecule has 0 heterocycles. The maximum absolute atomic E-state index is 4.39. The second-order valence-corrected chi connectivity index (χ2v) is 3.98. The first-order valence-electron chi connectivity index (χ1n) is 5.02. The predicted octanol–water partition coefficient (Wildman–Crippen LogP) is 3.58. The van der Waals surface area contributed by atoms with Gasteiger partial charge in [-0.05, 0) is 37.2 Å². The van der Waals surface area contributed by atoms with Gasteiger partial charge in [0.15, 0.2) is 0 Å². The summed E-state index contributed by atoms with van der Waals surface area (Å²) in [6.07, 6.45) is 6.13. The molecule has 1 aliphatic rings. The average Bonchev–Trinajstić information content (AvgIpc) is 2.48. The van der Waals surface area contributed by atoms with Crippen molar-refractivity contribution in [2.24, 2.45) is 16.8 Å². The van der Waals surface area contributed by atoms with E-state index in [-0.39, 0.29) is 0 Å². The molecule has 1 rings (SSSR count). The Bertz CT molecular complexity index is 246. The lowest BCUT2D eigenvalue weighted by molar-refractivity contribution is 0.402. The molecule has 1 heteroatoms. The molecule has 0 radical (unpaired) electrons. The van der Waals surface area contributed by atoms with Crippen molar-refractivity contribution in [2.45, 2.75) is 33.6 Å². The molecular formula is C12H19N. The van der Waals surface area contributed by atoms with Gasteiger partial charge in [-0.2, -0.15) is 0 Å². The Labute approximate surface area is 81.3 Å². The van der Waals surface area contributed by atoms with Crippen LogP contribution in [0, 0.1) is 11.8 Å². The van der Waals surface area contributed by atoms with Gasteiger partial charge in [-0.1, -0.05) is 26.5 Å². The van der Waals surface area contributed by atoms with Gasteiger partial charge in [0.2, 0.25) is 0 Å². The van der Waals surface area contributed by atoms with Crippen molar-refractivity contribution in [3.63, 3.8) is 0 Å². The molecule has 0 saturated heterocycles. The summed E-state index contributed by atoms with van der Waals surface area (Å²) in [7, 11) is 0. The highest BCUT2D eigenvalue weighted by molar-refractivity contribution is 5.56. The zero-order valence-corrected chi connectivity index (χ0v) is 8.88. The summed E-state index contributed by atoms with van der Waals surface area (Å²) in [5, 5.41) is 0. The summed E-state index contributed by atoms with van der Waals surface area (Å²) >= 11 is 0. The van der Waals surface area contributed by atoms with E-state index in [0.717, 1.165) is 24.7 Å². The van der Waals surface area contributed by atoms with E-state index in [1.54, 1.807) is 0 Å². The minimum Gasteiger partial charge on any atom is -0.266 e. The topological polar surface area (TPSA) is 12.4 Å². The van der Waals surface area contributed by atoms with E-state index >= 15 is 0 Å². The molecule has 1 unspecified atom stereocenters. The van der Waals surface area contributed by atoms with E-state index in [2.05, 4.69) is 25.4 Å². The summed E-state index contributed by atoms with van der Waals surface area (Å²) in [6.45, 7) is 10.4. The van der Waals surface area contributed by atoms with Crippen molar-refractivity contribution < 1.29 is 0 Å². The van der Waals surface area contributed by atoms with Crippen LogP contribution >= 0.6 is 0 Å². The van der Waals surface area contributed by atoms with E-state index in [1.807, 2.05) is 19.2 Å². The van der Waals surface area contributed by atoms with Gasteiger partial charge in [0.05, 0.1) is 0 Å². The van der Waals surface area contributed by atoms with Crippen LogP contribution in [0.4, 0.5) is 0 Å². The lowest BCUT2D eigenvalue weighted by Crippen LogP contribution is -2.03. The summed E-state index contributed by atoms with van der Waals surface area (Å²) in [6, 6.07) is 0. The molecule has 1 aliphatic carbocycles. The van der Waals surface area contributed by atoms with Gasteiger partial charge in [0, 0.05) is 11.9 Å². The monoisotopic (exact) mass is 177 g/mol. The molecule has 0 aromatic heterocycles. The third-order valence-electron chi connectivity index (χ3n) is 2.78. The van der Waals surface area contributed by atoms with E-state index in [9.17, 15) is 0 Å². The van der Waals surface area contributed by atoms with E-state index in [0.29, 0.717) is 0 Å². The largest absolute Gasteiger partial charge is 0.266 e. The molecule has 0 amide bonds. The second kappa shape index (κ2) is 4.40. The van der Waals surface area contributed by atoms with Gasteiger partial charge >= 0.3 is 0 Å². The molecule has 0 aromatic carbocycles. The third kappa shape index (κ3) is 2.30. The van der Waals surface area contributed by atoms with Crippen molar-refractivity contribution in [1.82, 2.24) is 0 Å². The van der Waals surface area contributed by atoms with Gasteiger partial charge in [-0.3, -0.25) is 4.99 Å². The van der Waals surface area contributed by atoms with E-state index < -0.39 is 0 Å². The van der Waals surface area contributed by atoms with Crippen LogP contribution in [0.15, 0.2) is 28.9 Å². The molecule has 0 bridgehead atoms. The highest BCUT2D eigenvalue weighted by Crippen LogP contribution is 2.36. The summed E-state index contributed by atoms with van der Waals surface area (Å²) < 4.78 is 0. The van der Waals surface area contributed by atoms with Crippen LogP contribution in [0.1, 0.15) is 33.6 Å². The number of allylic oxidation sites excluding steroid dienone is 3. The van der Waals surface area contributed by atoms with Crippen molar-refractivity contribution >= 4 is 6.21 Å². The Balaban J connectivity index is 2.74. The molecular weight excluding hydrogens is 158 g/mol. The van der Waals surface area contributed by atoms with Gasteiger partial charge in [-0.15, -0.1) is 0 Å². The zero-order valence-electron chi connectivity index (χ0n) is 8.88. The fourth-order valence-corrected chi connectivity index (χ4v) is 1.82. The van der Waals surface area contributed by atoms with Crippen LogP contribution in [0.2, 0.25) is 0 Å². The fraction of sp³-hybridized carbons (Fsp3) is 0.583. The standard InChI is InChI=1S/C12H19N/c1-5-10-7-11(9(3)4)8-12(10)13-6-2/h5-6,9,11H,1,7-8H2,2-4H3. The molecule has 0 fully saturated rings. The van der Waals surface area contributed by atoms with Crippen LogP contribution in [0.25, 0.3) is 0 Å². The first-order chi connectivity index (χ1) is 6.19. The summed E-state index contributed by atoms with van der Waals surface area (Å²) in [5.74, 6) is 1.52. The molecule has 0 spiro atoms. The Kier molecular flexibility index (Phi) is 3.47. The van der Waals surface area contributed by atoms with Crippen LogP contribution in [-0.2, 0) is 0 Å². The Morgan fingerprint density at radius 3 is 2.62 bits per heavy atom. The lowest BCUT2D eigenvalue weighted by atomic mass is 9.92. The molecule has 0 N–H and O–H groups in total. The molecule has 1 nitrogen and oxygen atoms in total. The quantitative estimate of drug-likeness (QED) is 0.584. The smallest absolute Gasteiger partial charge is 0.0434 e. The summed E-state index contributed by atoms with van der Waals surface area (Å²) in [4.78, 5) is 4.39. The van der Waals surface area contributed by atoms with Crippen molar-refractivity contribution in [1.29, 1.82) is 0 Å². The molecule has 1 atom stereocenters. The van der Waals surface area contributed by atoms with Crippen LogP contribution in [0.3, 0.4) is 0 Å². The first kappa shape index (κ1) is 10.2. The number of rotatable bonds is 3. The maximum Gasteiger partial charge on any atom is 0.0434 e. The Morgan fingerprint density at radius 1 is 1.46 bits per heavy atom. The maximum atomic E-state index is 4.39. The predicted molar refractivity (Wildman–Crippen MR) is 59.0 cm³/mol. The van der Waals surface area contributed by atoms with E-state index in [1.165, 1.54) is 11.3 Å². The van der Waals surface area contributed by atoms with Gasteiger partial charge in [0.1, 0.15) is 0 Å². The van der Waals surface area contributed by atoms with Crippen LogP contribution in [0.5, 0.6) is 0 Å². The van der Waals surface area contributed by atoms with Gasteiger partial charge in [-0.25, -0.2) is 0 Å². The van der Waals surface area contributed by atoms with Crippen molar-refractivity contribution in [3.05, 3.63) is 23.9 Å². The number of hydrogen-bond acceptors (Lipinski definition) is 1. The van der Waals surface area contributed by atoms with Gasteiger partial charge in [0.25, 0.3) is 0 Å². The molecule has 13 heavy (non-hydrogen) atoms. The average molecular weight is 177 g/mol. The minimum atomic E-state index is 0.750. The van der Waals surface area contributed by atoms with E-state index in [4.69, 9.17) is 0 Å². The molecule has 72 valence electrons. The first-order valence-corrected chi connectivity index (χ1v) is 5.02. The van der Waals surface area contributed by atoms with Crippen molar-refractivity contribution in [2.75, 3.05) is 0 Å². The fourth-order valence-electron chi connectivity index (χ4n) is 1.82. The minimum absolute atomic E-state index is 0.750. The second-order valence-electron chi connectivity index (χ2n) is 3.98. The zero-order chi connectivity index (χ0) is 9.84. The van der Waals surface area contributed by atoms with Crippen LogP contribution < -0.4 is 0 Å². The highest BCUT2D eigenvalue weighted by Gasteiger charge is 2.24. The van der Waals surface area contributed by atoms with Crippen molar-refractivity contribution in [3.8, 4) is 0 Å². The number of nitrogens with zero attached hydrogens (tertiary/aromatic N) is 1. The Hall–Kier alpha value is -0.850. The molecule has 0 aromatic rings. The number of hydrogen-bond donors (Lipinski definition) is 0. The van der Waals surface area contributed by atoms with Gasteiger partial charge < -0.3 is 0 Å². The highest BCUT2D eigenvalue weighted by atomic mass is 14.7. The lowest BCUT2D eigenvalue weighted by Gasteiger charge is -2.13. The normalized spacial score (nSPS) is 23.5. The summed E-state index contributed by atoms with van der Waals surface area (Å²) in [5.41, 5.74) is 2.59. The number of aliphatic imine (C=N–C) groups is 1.